The Hall–Kier alpha value is -1.88. The summed E-state index contributed by atoms with van der Waals surface area (Å²) in [6.45, 7) is 3.08. The lowest BCUT2D eigenvalue weighted by Gasteiger charge is -2.37. The molecule has 2 heterocycles. The monoisotopic (exact) mass is 315 g/mol. The summed E-state index contributed by atoms with van der Waals surface area (Å²) >= 11 is 0. The van der Waals surface area contributed by atoms with Crippen molar-refractivity contribution in [2.45, 2.75) is 31.7 Å². The molecule has 1 aromatic carbocycles. The van der Waals surface area contributed by atoms with Crippen LogP contribution in [0.4, 0.5) is 0 Å². The number of nitrogens with zero attached hydrogens (tertiary/aromatic N) is 1. The van der Waals surface area contributed by atoms with Crippen molar-refractivity contribution < 1.29 is 9.59 Å². The summed E-state index contributed by atoms with van der Waals surface area (Å²) < 4.78 is 0. The van der Waals surface area contributed by atoms with E-state index in [1.165, 1.54) is 0 Å². The maximum atomic E-state index is 12.7. The number of hydrogen-bond donors (Lipinski definition) is 2. The average molecular weight is 315 g/mol. The van der Waals surface area contributed by atoms with E-state index in [-0.39, 0.29) is 23.8 Å². The molecule has 2 aliphatic heterocycles. The first kappa shape index (κ1) is 16.0. The Kier molecular flexibility index (Phi) is 5.28. The summed E-state index contributed by atoms with van der Waals surface area (Å²) in [5, 5.41) is 6.26. The minimum absolute atomic E-state index is 0.0638. The normalized spacial score (nSPS) is 24.4. The van der Waals surface area contributed by atoms with Gasteiger partial charge in [-0.05, 0) is 44.4 Å². The smallest absolute Gasteiger partial charge is 0.251 e. The molecule has 0 radical (unpaired) electrons. The van der Waals surface area contributed by atoms with Crippen LogP contribution < -0.4 is 10.6 Å². The first-order chi connectivity index (χ1) is 11.3. The van der Waals surface area contributed by atoms with Crippen molar-refractivity contribution in [3.63, 3.8) is 0 Å². The summed E-state index contributed by atoms with van der Waals surface area (Å²) in [6, 6.07) is 9.36. The largest absolute Gasteiger partial charge is 0.350 e. The van der Waals surface area contributed by atoms with Crippen molar-refractivity contribution in [2.75, 3.05) is 26.2 Å². The molecular weight excluding hydrogens is 290 g/mol. The Morgan fingerprint density at radius 1 is 1.17 bits per heavy atom. The third-order valence-corrected chi connectivity index (χ3v) is 4.85. The highest BCUT2D eigenvalue weighted by atomic mass is 16.2. The number of rotatable bonds is 4. The number of piperidine rings is 1. The van der Waals surface area contributed by atoms with E-state index >= 15 is 0 Å². The molecule has 1 aromatic rings. The second-order valence-electron chi connectivity index (χ2n) is 6.45. The maximum absolute atomic E-state index is 12.7. The molecule has 0 spiro atoms. The molecule has 2 N–H and O–H groups in total. The van der Waals surface area contributed by atoms with Gasteiger partial charge < -0.3 is 15.5 Å². The van der Waals surface area contributed by atoms with Gasteiger partial charge in [-0.1, -0.05) is 18.2 Å². The van der Waals surface area contributed by atoms with Crippen molar-refractivity contribution in [3.05, 3.63) is 35.9 Å². The average Bonchev–Trinajstić information content (AvgIpc) is 3.15. The van der Waals surface area contributed by atoms with Crippen LogP contribution in [-0.2, 0) is 4.79 Å². The van der Waals surface area contributed by atoms with E-state index < -0.39 is 0 Å². The molecule has 2 unspecified atom stereocenters. The van der Waals surface area contributed by atoms with Gasteiger partial charge in [-0.15, -0.1) is 0 Å². The summed E-state index contributed by atoms with van der Waals surface area (Å²) in [5.41, 5.74) is 0.668. The van der Waals surface area contributed by atoms with E-state index in [4.69, 9.17) is 0 Å². The Morgan fingerprint density at radius 2 is 2.00 bits per heavy atom. The van der Waals surface area contributed by atoms with Crippen LogP contribution >= 0.6 is 0 Å². The lowest BCUT2D eigenvalue weighted by atomic mass is 9.98. The molecule has 0 saturated carbocycles. The number of carbonyl (C=O) groups is 2. The van der Waals surface area contributed by atoms with Gasteiger partial charge in [0.1, 0.15) is 0 Å². The molecule has 124 valence electrons. The lowest BCUT2D eigenvalue weighted by molar-refractivity contribution is -0.138. The second-order valence-corrected chi connectivity index (χ2v) is 6.45. The predicted octanol–water partition coefficient (Wildman–Crippen LogP) is 1.41. The molecule has 0 aliphatic carbocycles. The minimum atomic E-state index is -0.0638. The van der Waals surface area contributed by atoms with Gasteiger partial charge in [0, 0.05) is 31.2 Å². The highest BCUT2D eigenvalue weighted by Gasteiger charge is 2.32. The molecule has 2 saturated heterocycles. The summed E-state index contributed by atoms with van der Waals surface area (Å²) in [7, 11) is 0. The highest BCUT2D eigenvalue weighted by Crippen LogP contribution is 2.21. The Bertz CT molecular complexity index is 540. The third kappa shape index (κ3) is 3.91. The molecule has 2 fully saturated rings. The van der Waals surface area contributed by atoms with Crippen LogP contribution in [0.3, 0.4) is 0 Å². The van der Waals surface area contributed by atoms with E-state index in [9.17, 15) is 9.59 Å². The Labute approximate surface area is 137 Å². The summed E-state index contributed by atoms with van der Waals surface area (Å²) in [6.07, 6.45) is 4.09. The molecule has 2 atom stereocenters. The van der Waals surface area contributed by atoms with Crippen LogP contribution in [0.2, 0.25) is 0 Å². The fraction of sp³-hybridized carbons (Fsp3) is 0.556. The van der Waals surface area contributed by atoms with Crippen molar-refractivity contribution in [2.24, 2.45) is 5.92 Å². The maximum Gasteiger partial charge on any atom is 0.251 e. The van der Waals surface area contributed by atoms with Crippen molar-refractivity contribution >= 4 is 11.8 Å². The van der Waals surface area contributed by atoms with Crippen molar-refractivity contribution in [3.8, 4) is 0 Å². The number of likely N-dealkylation sites (tertiary alicyclic amines) is 1. The van der Waals surface area contributed by atoms with Crippen molar-refractivity contribution in [1.82, 2.24) is 15.5 Å². The van der Waals surface area contributed by atoms with Gasteiger partial charge in [0.15, 0.2) is 0 Å². The van der Waals surface area contributed by atoms with E-state index in [0.29, 0.717) is 12.1 Å². The number of nitrogens with one attached hydrogen (secondary N) is 2. The standard InChI is InChI=1S/C18H25N3O2/c22-17(14-6-2-1-3-7-14)20-13-16-8-4-5-11-21(16)18(23)15-9-10-19-12-15/h1-3,6-7,15-16,19H,4-5,8-13H2,(H,20,22). The lowest BCUT2D eigenvalue weighted by Crippen LogP contribution is -2.51. The van der Waals surface area contributed by atoms with Gasteiger partial charge in [0.2, 0.25) is 5.91 Å². The van der Waals surface area contributed by atoms with Crippen LogP contribution in [0.1, 0.15) is 36.0 Å². The van der Waals surface area contributed by atoms with Crippen LogP contribution in [-0.4, -0.2) is 48.9 Å². The predicted molar refractivity (Wildman–Crippen MR) is 89.1 cm³/mol. The van der Waals surface area contributed by atoms with Gasteiger partial charge in [0.05, 0.1) is 5.92 Å². The molecule has 23 heavy (non-hydrogen) atoms. The molecule has 2 amide bonds. The van der Waals surface area contributed by atoms with Gasteiger partial charge in [0.25, 0.3) is 5.91 Å². The zero-order valence-electron chi connectivity index (χ0n) is 13.5. The molecule has 2 aliphatic rings. The fourth-order valence-electron chi connectivity index (χ4n) is 3.50. The van der Waals surface area contributed by atoms with Crippen LogP contribution in [0.15, 0.2) is 30.3 Å². The summed E-state index contributed by atoms with van der Waals surface area (Å²) in [4.78, 5) is 26.9. The Morgan fingerprint density at radius 3 is 2.74 bits per heavy atom. The van der Waals surface area contributed by atoms with Crippen molar-refractivity contribution in [1.29, 1.82) is 0 Å². The molecule has 3 rings (SSSR count). The van der Waals surface area contributed by atoms with E-state index in [1.54, 1.807) is 0 Å². The zero-order chi connectivity index (χ0) is 16.1. The van der Waals surface area contributed by atoms with Crippen LogP contribution in [0.25, 0.3) is 0 Å². The first-order valence-corrected chi connectivity index (χ1v) is 8.60. The SMILES string of the molecule is O=C(NCC1CCCCN1C(=O)C1CCNC1)c1ccccc1. The summed E-state index contributed by atoms with van der Waals surface area (Å²) in [5.74, 6) is 0.306. The molecular formula is C18H25N3O2. The number of amides is 2. The van der Waals surface area contributed by atoms with E-state index in [1.807, 2.05) is 35.2 Å². The van der Waals surface area contributed by atoms with Gasteiger partial charge in [-0.2, -0.15) is 0 Å². The topological polar surface area (TPSA) is 61.4 Å². The van der Waals surface area contributed by atoms with Crippen LogP contribution in [0.5, 0.6) is 0 Å². The first-order valence-electron chi connectivity index (χ1n) is 8.60. The van der Waals surface area contributed by atoms with Gasteiger partial charge >= 0.3 is 0 Å². The highest BCUT2D eigenvalue weighted by molar-refractivity contribution is 5.94. The fourth-order valence-corrected chi connectivity index (χ4v) is 3.50. The third-order valence-electron chi connectivity index (χ3n) is 4.85. The number of benzene rings is 1. The van der Waals surface area contributed by atoms with E-state index in [2.05, 4.69) is 10.6 Å². The zero-order valence-corrected chi connectivity index (χ0v) is 13.5. The number of hydrogen-bond acceptors (Lipinski definition) is 3. The Balaban J connectivity index is 1.58. The molecule has 5 heteroatoms. The van der Waals surface area contributed by atoms with E-state index in [0.717, 1.165) is 45.3 Å². The molecule has 0 bridgehead atoms. The van der Waals surface area contributed by atoms with Gasteiger partial charge in [-0.3, -0.25) is 9.59 Å². The van der Waals surface area contributed by atoms with Crippen LogP contribution in [0, 0.1) is 5.92 Å². The van der Waals surface area contributed by atoms with Gasteiger partial charge in [-0.25, -0.2) is 0 Å². The number of carbonyl (C=O) groups excluding carboxylic acids is 2. The minimum Gasteiger partial charge on any atom is -0.350 e. The quantitative estimate of drug-likeness (QED) is 0.883. The second kappa shape index (κ2) is 7.59. The molecule has 5 nitrogen and oxygen atoms in total. The molecule has 0 aromatic heterocycles.